The molecule has 0 bridgehead atoms. The topological polar surface area (TPSA) is 40.6 Å². The molecule has 1 saturated heterocycles. The highest BCUT2D eigenvalue weighted by Crippen LogP contribution is 2.29. The van der Waals surface area contributed by atoms with Crippen molar-refractivity contribution in [1.82, 2.24) is 9.21 Å². The maximum absolute atomic E-state index is 13.1. The molecule has 26 heavy (non-hydrogen) atoms. The Kier molecular flexibility index (Phi) is 5.24. The summed E-state index contributed by atoms with van der Waals surface area (Å²) in [6.07, 6.45) is 0. The summed E-state index contributed by atoms with van der Waals surface area (Å²) in [6.45, 7) is 8.09. The highest BCUT2D eigenvalue weighted by Gasteiger charge is 2.33. The number of nitrogens with zero attached hydrogens (tertiary/aromatic N) is 2. The van der Waals surface area contributed by atoms with Crippen LogP contribution in [0.2, 0.25) is 0 Å². The van der Waals surface area contributed by atoms with Crippen LogP contribution in [0.4, 0.5) is 0 Å². The van der Waals surface area contributed by atoms with E-state index in [1.807, 2.05) is 30.3 Å². The molecule has 0 saturated carbocycles. The maximum atomic E-state index is 13.1. The van der Waals surface area contributed by atoms with Gasteiger partial charge in [0, 0.05) is 25.7 Å². The van der Waals surface area contributed by atoms with Crippen LogP contribution in [0.5, 0.6) is 0 Å². The van der Waals surface area contributed by atoms with E-state index in [0.717, 1.165) is 17.7 Å². The zero-order valence-electron chi connectivity index (χ0n) is 16.0. The molecule has 140 valence electrons. The van der Waals surface area contributed by atoms with Gasteiger partial charge in [0.1, 0.15) is 0 Å². The Morgan fingerprint density at radius 1 is 0.923 bits per heavy atom. The minimum Gasteiger partial charge on any atom is -0.297 e. The van der Waals surface area contributed by atoms with Gasteiger partial charge in [-0.1, -0.05) is 63.2 Å². The third-order valence-electron chi connectivity index (χ3n) is 5.15. The number of hydrogen-bond donors (Lipinski definition) is 0. The van der Waals surface area contributed by atoms with E-state index in [0.29, 0.717) is 18.0 Å². The van der Waals surface area contributed by atoms with Crippen LogP contribution >= 0.6 is 0 Å². The lowest BCUT2D eigenvalue weighted by Crippen LogP contribution is -2.48. The predicted octanol–water partition coefficient (Wildman–Crippen LogP) is 3.66. The quantitative estimate of drug-likeness (QED) is 0.825. The molecule has 3 rings (SSSR count). The first-order chi connectivity index (χ1) is 12.2. The van der Waals surface area contributed by atoms with Crippen molar-refractivity contribution in [3.8, 4) is 0 Å². The van der Waals surface area contributed by atoms with Crippen LogP contribution in [-0.2, 0) is 15.4 Å². The molecular weight excluding hydrogens is 344 g/mol. The number of sulfonamides is 1. The standard InChI is InChI=1S/C21H28N2O2S/c1-21(2,3)18-10-12-19(13-11-18)26(24,25)23-15-14-22(4)20(16-23)17-8-6-5-7-9-17/h5-13,20H,14-16H2,1-4H3. The summed E-state index contributed by atoms with van der Waals surface area (Å²) in [5, 5.41) is 0. The second-order valence-corrected chi connectivity index (χ2v) is 9.98. The van der Waals surface area contributed by atoms with E-state index in [-0.39, 0.29) is 11.5 Å². The van der Waals surface area contributed by atoms with Gasteiger partial charge < -0.3 is 0 Å². The zero-order chi connectivity index (χ0) is 18.9. The average molecular weight is 373 g/mol. The fraction of sp³-hybridized carbons (Fsp3) is 0.429. The Morgan fingerprint density at radius 2 is 1.54 bits per heavy atom. The summed E-state index contributed by atoms with van der Waals surface area (Å²) in [5.41, 5.74) is 2.30. The molecule has 0 aromatic heterocycles. The molecule has 1 aliphatic heterocycles. The van der Waals surface area contributed by atoms with Crippen molar-refractivity contribution >= 4 is 10.0 Å². The Morgan fingerprint density at radius 3 is 2.12 bits per heavy atom. The summed E-state index contributed by atoms with van der Waals surface area (Å²) < 4.78 is 27.9. The smallest absolute Gasteiger partial charge is 0.243 e. The largest absolute Gasteiger partial charge is 0.297 e. The highest BCUT2D eigenvalue weighted by molar-refractivity contribution is 7.89. The summed E-state index contributed by atoms with van der Waals surface area (Å²) in [7, 11) is -1.43. The van der Waals surface area contributed by atoms with Crippen molar-refractivity contribution in [2.75, 3.05) is 26.7 Å². The number of hydrogen-bond acceptors (Lipinski definition) is 3. The number of piperazine rings is 1. The van der Waals surface area contributed by atoms with Crippen molar-refractivity contribution in [1.29, 1.82) is 0 Å². The third kappa shape index (κ3) is 3.85. The van der Waals surface area contributed by atoms with Gasteiger partial charge >= 0.3 is 0 Å². The molecule has 0 aliphatic carbocycles. The van der Waals surface area contributed by atoms with Crippen molar-refractivity contribution in [2.24, 2.45) is 0 Å². The molecule has 0 N–H and O–H groups in total. The number of benzene rings is 2. The first-order valence-electron chi connectivity index (χ1n) is 9.05. The fourth-order valence-corrected chi connectivity index (χ4v) is 4.82. The second-order valence-electron chi connectivity index (χ2n) is 8.04. The molecule has 0 radical (unpaired) electrons. The minimum absolute atomic E-state index is 0.00847. The molecule has 2 aromatic rings. The fourth-order valence-electron chi connectivity index (χ4n) is 3.38. The van der Waals surface area contributed by atoms with Crippen molar-refractivity contribution in [2.45, 2.75) is 37.1 Å². The zero-order valence-corrected chi connectivity index (χ0v) is 16.8. The van der Waals surface area contributed by atoms with Gasteiger partial charge in [0.05, 0.1) is 4.90 Å². The van der Waals surface area contributed by atoms with E-state index in [4.69, 9.17) is 0 Å². The van der Waals surface area contributed by atoms with Gasteiger partial charge in [-0.2, -0.15) is 4.31 Å². The summed E-state index contributed by atoms with van der Waals surface area (Å²) >= 11 is 0. The molecule has 1 fully saturated rings. The minimum atomic E-state index is -3.48. The van der Waals surface area contributed by atoms with E-state index >= 15 is 0 Å². The molecule has 2 aromatic carbocycles. The lowest BCUT2D eigenvalue weighted by Gasteiger charge is -2.39. The van der Waals surface area contributed by atoms with E-state index in [1.54, 1.807) is 16.4 Å². The van der Waals surface area contributed by atoms with E-state index in [1.165, 1.54) is 0 Å². The summed E-state index contributed by atoms with van der Waals surface area (Å²) in [6, 6.07) is 17.5. The molecule has 5 heteroatoms. The van der Waals surface area contributed by atoms with Gasteiger partial charge in [0.15, 0.2) is 0 Å². The number of rotatable bonds is 3. The second kappa shape index (κ2) is 7.14. The van der Waals surface area contributed by atoms with Crippen molar-refractivity contribution in [3.05, 3.63) is 65.7 Å². The van der Waals surface area contributed by atoms with E-state index in [9.17, 15) is 8.42 Å². The molecule has 4 nitrogen and oxygen atoms in total. The summed E-state index contributed by atoms with van der Waals surface area (Å²) in [4.78, 5) is 2.60. The number of likely N-dealkylation sites (N-methyl/N-ethyl adjacent to an activating group) is 1. The molecule has 1 atom stereocenters. The van der Waals surface area contributed by atoms with Gasteiger partial charge in [-0.05, 0) is 35.7 Å². The normalized spacial score (nSPS) is 20.2. The first-order valence-corrected chi connectivity index (χ1v) is 10.5. The van der Waals surface area contributed by atoms with Crippen LogP contribution in [0.3, 0.4) is 0 Å². The molecule has 1 aliphatic rings. The average Bonchev–Trinajstić information content (AvgIpc) is 2.62. The Hall–Kier alpha value is -1.69. The summed E-state index contributed by atoms with van der Waals surface area (Å²) in [5.74, 6) is 0. The molecule has 0 amide bonds. The first kappa shape index (κ1) is 19.1. The molecule has 1 heterocycles. The van der Waals surface area contributed by atoms with E-state index < -0.39 is 10.0 Å². The lowest BCUT2D eigenvalue weighted by molar-refractivity contribution is 0.148. The Balaban J connectivity index is 1.85. The monoisotopic (exact) mass is 372 g/mol. The lowest BCUT2D eigenvalue weighted by atomic mass is 9.87. The van der Waals surface area contributed by atoms with E-state index in [2.05, 4.69) is 44.9 Å². The van der Waals surface area contributed by atoms with Crippen LogP contribution in [0.1, 0.15) is 37.9 Å². The predicted molar refractivity (Wildman–Crippen MR) is 106 cm³/mol. The SMILES string of the molecule is CN1CCN(S(=O)(=O)c2ccc(C(C)(C)C)cc2)CC1c1ccccc1. The van der Waals surface area contributed by atoms with Crippen LogP contribution in [-0.4, -0.2) is 44.3 Å². The molecular formula is C21H28N2O2S. The van der Waals surface area contributed by atoms with Crippen LogP contribution in [0, 0.1) is 0 Å². The van der Waals surface area contributed by atoms with Gasteiger partial charge in [0.2, 0.25) is 10.0 Å². The van der Waals surface area contributed by atoms with Crippen LogP contribution in [0.15, 0.2) is 59.5 Å². The van der Waals surface area contributed by atoms with Gasteiger partial charge in [0.25, 0.3) is 0 Å². The van der Waals surface area contributed by atoms with Crippen LogP contribution in [0.25, 0.3) is 0 Å². The van der Waals surface area contributed by atoms with Gasteiger partial charge in [-0.25, -0.2) is 8.42 Å². The highest BCUT2D eigenvalue weighted by atomic mass is 32.2. The molecule has 1 unspecified atom stereocenters. The molecule has 0 spiro atoms. The maximum Gasteiger partial charge on any atom is 0.243 e. The van der Waals surface area contributed by atoms with Crippen LogP contribution < -0.4 is 0 Å². The van der Waals surface area contributed by atoms with Crippen molar-refractivity contribution < 1.29 is 8.42 Å². The van der Waals surface area contributed by atoms with Crippen molar-refractivity contribution in [3.63, 3.8) is 0 Å². The van der Waals surface area contributed by atoms with Gasteiger partial charge in [-0.3, -0.25) is 4.90 Å². The Labute approximate surface area is 157 Å². The third-order valence-corrected chi connectivity index (χ3v) is 7.03. The Bertz CT molecular complexity index is 840. The van der Waals surface area contributed by atoms with Gasteiger partial charge in [-0.15, -0.1) is 0 Å².